The first-order valence-corrected chi connectivity index (χ1v) is 9.44. The molecule has 0 aliphatic heterocycles. The van der Waals surface area contributed by atoms with Crippen LogP contribution in [0, 0.1) is 0 Å². The van der Waals surface area contributed by atoms with Gasteiger partial charge in [0.2, 0.25) is 11.8 Å². The van der Waals surface area contributed by atoms with Crippen LogP contribution >= 0.6 is 11.8 Å². The normalized spacial score (nSPS) is 10.4. The molecular weight excluding hydrogens is 390 g/mol. The van der Waals surface area contributed by atoms with Crippen molar-refractivity contribution in [2.75, 3.05) is 23.9 Å². The van der Waals surface area contributed by atoms with Gasteiger partial charge in [0.25, 0.3) is 0 Å². The van der Waals surface area contributed by atoms with E-state index in [0.29, 0.717) is 11.4 Å². The van der Waals surface area contributed by atoms with Crippen LogP contribution in [0.1, 0.15) is 5.56 Å². The molecule has 2 rings (SSSR count). The number of ether oxygens (including phenoxy) is 2. The molecule has 9 heteroatoms. The fourth-order valence-corrected chi connectivity index (χ4v) is 2.80. The maximum atomic E-state index is 12.1. The van der Waals surface area contributed by atoms with Crippen LogP contribution < -0.4 is 20.1 Å². The highest BCUT2D eigenvalue weighted by molar-refractivity contribution is 8.00. The van der Waals surface area contributed by atoms with Crippen LogP contribution in [-0.4, -0.2) is 37.0 Å². The Morgan fingerprint density at radius 3 is 2.18 bits per heavy atom. The highest BCUT2D eigenvalue weighted by Crippen LogP contribution is 2.16. The van der Waals surface area contributed by atoms with Gasteiger partial charge in [-0.2, -0.15) is 8.78 Å². The lowest BCUT2D eigenvalue weighted by Gasteiger charge is -2.08. The van der Waals surface area contributed by atoms with E-state index in [1.165, 1.54) is 23.9 Å². The molecule has 0 aromatic heterocycles. The van der Waals surface area contributed by atoms with Gasteiger partial charge in [0, 0.05) is 12.2 Å². The van der Waals surface area contributed by atoms with Gasteiger partial charge in [0.15, 0.2) is 0 Å². The quantitative estimate of drug-likeness (QED) is 0.629. The zero-order chi connectivity index (χ0) is 20.4. The SMILES string of the molecule is COc1ccc(NC(=O)CSCC(=O)NCc2ccc(OC(F)F)cc2)cc1. The van der Waals surface area contributed by atoms with Crippen LogP contribution in [0.25, 0.3) is 0 Å². The fourth-order valence-electron chi connectivity index (χ4n) is 2.15. The first kappa shape index (κ1) is 21.5. The van der Waals surface area contributed by atoms with Gasteiger partial charge in [0.1, 0.15) is 11.5 Å². The van der Waals surface area contributed by atoms with Gasteiger partial charge in [-0.05, 0) is 42.0 Å². The second kappa shape index (κ2) is 11.1. The van der Waals surface area contributed by atoms with Crippen molar-refractivity contribution in [1.29, 1.82) is 0 Å². The molecule has 0 aliphatic rings. The summed E-state index contributed by atoms with van der Waals surface area (Å²) in [4.78, 5) is 23.7. The summed E-state index contributed by atoms with van der Waals surface area (Å²) in [7, 11) is 1.56. The number of nitrogens with one attached hydrogen (secondary N) is 2. The molecule has 0 spiro atoms. The number of hydrogen-bond acceptors (Lipinski definition) is 5. The number of amides is 2. The first-order valence-electron chi connectivity index (χ1n) is 8.28. The fraction of sp³-hybridized carbons (Fsp3) is 0.263. The third kappa shape index (κ3) is 7.83. The Bertz CT molecular complexity index is 771. The van der Waals surface area contributed by atoms with Gasteiger partial charge in [-0.25, -0.2) is 0 Å². The van der Waals surface area contributed by atoms with Crippen molar-refractivity contribution < 1.29 is 27.8 Å². The lowest BCUT2D eigenvalue weighted by Crippen LogP contribution is -2.25. The second-order valence-corrected chi connectivity index (χ2v) is 6.55. The van der Waals surface area contributed by atoms with E-state index < -0.39 is 6.61 Å². The number of thioether (sulfide) groups is 1. The number of methoxy groups -OCH3 is 1. The van der Waals surface area contributed by atoms with Crippen molar-refractivity contribution in [2.24, 2.45) is 0 Å². The maximum absolute atomic E-state index is 12.1. The number of benzene rings is 2. The van der Waals surface area contributed by atoms with E-state index in [1.54, 1.807) is 43.5 Å². The Kier molecular flexibility index (Phi) is 8.54. The predicted molar refractivity (Wildman–Crippen MR) is 104 cm³/mol. The van der Waals surface area contributed by atoms with Crippen LogP contribution in [-0.2, 0) is 16.1 Å². The molecule has 0 aliphatic carbocycles. The molecule has 2 aromatic rings. The summed E-state index contributed by atoms with van der Waals surface area (Å²) in [6.07, 6.45) is 0. The molecular formula is C19H20F2N2O4S. The minimum absolute atomic E-state index is 0.0588. The van der Waals surface area contributed by atoms with Crippen molar-refractivity contribution in [3.63, 3.8) is 0 Å². The standard InChI is InChI=1S/C19H20F2N2O4S/c1-26-15-8-4-14(5-9-15)23-18(25)12-28-11-17(24)22-10-13-2-6-16(7-3-13)27-19(20)21/h2-9,19H,10-12H2,1H3,(H,22,24)(H,23,25). The minimum Gasteiger partial charge on any atom is -0.497 e. The zero-order valence-corrected chi connectivity index (χ0v) is 15.9. The first-order chi connectivity index (χ1) is 13.5. The molecule has 2 N–H and O–H groups in total. The third-order valence-corrected chi connectivity index (χ3v) is 4.41. The lowest BCUT2D eigenvalue weighted by atomic mass is 10.2. The van der Waals surface area contributed by atoms with Gasteiger partial charge in [-0.1, -0.05) is 12.1 Å². The predicted octanol–water partition coefficient (Wildman–Crippen LogP) is 3.28. The van der Waals surface area contributed by atoms with E-state index in [-0.39, 0.29) is 35.6 Å². The molecule has 0 bridgehead atoms. The monoisotopic (exact) mass is 410 g/mol. The van der Waals surface area contributed by atoms with Crippen LogP contribution in [0.3, 0.4) is 0 Å². The van der Waals surface area contributed by atoms with E-state index >= 15 is 0 Å². The largest absolute Gasteiger partial charge is 0.497 e. The van der Waals surface area contributed by atoms with E-state index in [2.05, 4.69) is 15.4 Å². The molecule has 0 fully saturated rings. The van der Waals surface area contributed by atoms with Crippen LogP contribution in [0.2, 0.25) is 0 Å². The Morgan fingerprint density at radius 2 is 1.57 bits per heavy atom. The zero-order valence-electron chi connectivity index (χ0n) is 15.1. The molecule has 0 saturated carbocycles. The number of rotatable bonds is 10. The number of carbonyl (C=O) groups is 2. The third-order valence-electron chi connectivity index (χ3n) is 3.48. The summed E-state index contributed by atoms with van der Waals surface area (Å²) in [5, 5.41) is 5.43. The maximum Gasteiger partial charge on any atom is 0.387 e. The summed E-state index contributed by atoms with van der Waals surface area (Å²) in [5.41, 5.74) is 1.40. The highest BCUT2D eigenvalue weighted by Gasteiger charge is 2.07. The van der Waals surface area contributed by atoms with E-state index in [4.69, 9.17) is 4.74 Å². The smallest absolute Gasteiger partial charge is 0.387 e. The minimum atomic E-state index is -2.87. The number of alkyl halides is 2. The Hall–Kier alpha value is -2.81. The molecule has 2 amide bonds. The highest BCUT2D eigenvalue weighted by atomic mass is 32.2. The van der Waals surface area contributed by atoms with Crippen molar-refractivity contribution in [2.45, 2.75) is 13.2 Å². The molecule has 0 atom stereocenters. The Balaban J connectivity index is 1.64. The van der Waals surface area contributed by atoms with Gasteiger partial charge >= 0.3 is 6.61 Å². The molecule has 0 unspecified atom stereocenters. The molecule has 28 heavy (non-hydrogen) atoms. The summed E-state index contributed by atoms with van der Waals surface area (Å²) >= 11 is 1.19. The van der Waals surface area contributed by atoms with Crippen LogP contribution in [0.5, 0.6) is 11.5 Å². The van der Waals surface area contributed by atoms with Gasteiger partial charge < -0.3 is 20.1 Å². The van der Waals surface area contributed by atoms with Gasteiger partial charge in [0.05, 0.1) is 18.6 Å². The molecule has 0 heterocycles. The lowest BCUT2D eigenvalue weighted by molar-refractivity contribution is -0.118. The summed E-state index contributed by atoms with van der Waals surface area (Å²) in [6, 6.07) is 12.9. The van der Waals surface area contributed by atoms with Crippen molar-refractivity contribution in [3.8, 4) is 11.5 Å². The second-order valence-electron chi connectivity index (χ2n) is 5.57. The van der Waals surface area contributed by atoms with Crippen LogP contribution in [0.4, 0.5) is 14.5 Å². The molecule has 2 aromatic carbocycles. The van der Waals surface area contributed by atoms with E-state index in [0.717, 1.165) is 5.56 Å². The summed E-state index contributed by atoms with van der Waals surface area (Å²) in [6.45, 7) is -2.61. The van der Waals surface area contributed by atoms with Crippen molar-refractivity contribution in [1.82, 2.24) is 5.32 Å². The number of carbonyl (C=O) groups excluding carboxylic acids is 2. The summed E-state index contributed by atoms with van der Waals surface area (Å²) in [5.74, 6) is 0.582. The van der Waals surface area contributed by atoms with Crippen molar-refractivity contribution >= 4 is 29.3 Å². The molecule has 150 valence electrons. The number of halogens is 2. The average Bonchev–Trinajstić information content (AvgIpc) is 2.67. The average molecular weight is 410 g/mol. The van der Waals surface area contributed by atoms with E-state index in [1.807, 2.05) is 0 Å². The molecule has 0 saturated heterocycles. The summed E-state index contributed by atoms with van der Waals surface area (Å²) < 4.78 is 33.5. The van der Waals surface area contributed by atoms with Gasteiger partial charge in [-0.3, -0.25) is 9.59 Å². The van der Waals surface area contributed by atoms with Crippen LogP contribution in [0.15, 0.2) is 48.5 Å². The Morgan fingerprint density at radius 1 is 0.964 bits per heavy atom. The Labute approximate surface area is 165 Å². The number of hydrogen-bond donors (Lipinski definition) is 2. The molecule has 6 nitrogen and oxygen atoms in total. The molecule has 0 radical (unpaired) electrons. The number of anilines is 1. The van der Waals surface area contributed by atoms with Gasteiger partial charge in [-0.15, -0.1) is 11.8 Å². The van der Waals surface area contributed by atoms with E-state index in [9.17, 15) is 18.4 Å². The topological polar surface area (TPSA) is 76.7 Å². The van der Waals surface area contributed by atoms with Crippen molar-refractivity contribution in [3.05, 3.63) is 54.1 Å².